The van der Waals surface area contributed by atoms with Crippen molar-refractivity contribution in [2.45, 2.75) is 0 Å². The molecule has 10 aromatic carbocycles. The average Bonchev–Trinajstić information content (AvgIpc) is 3.72. The summed E-state index contributed by atoms with van der Waals surface area (Å²) in [5.74, 6) is 0. The Labute approximate surface area is 352 Å². The van der Waals surface area contributed by atoms with E-state index in [2.05, 4.69) is 212 Å². The second kappa shape index (κ2) is 14.3. The number of hydrogen-bond donors (Lipinski definition) is 0. The summed E-state index contributed by atoms with van der Waals surface area (Å²) in [5.41, 5.74) is 17.0. The average molecular weight is 777 g/mol. The fourth-order valence-corrected chi connectivity index (χ4v) is 9.02. The van der Waals surface area contributed by atoms with Gasteiger partial charge in [-0.3, -0.25) is 4.98 Å². The minimum absolute atomic E-state index is 0.859. The summed E-state index contributed by atoms with van der Waals surface area (Å²) in [5, 5.41) is 6.86. The Morgan fingerprint density at radius 1 is 0.295 bits per heavy atom. The largest absolute Gasteiger partial charge is 0.455 e. The van der Waals surface area contributed by atoms with Crippen molar-refractivity contribution in [3.05, 3.63) is 219 Å². The lowest BCUT2D eigenvalue weighted by atomic mass is 9.94. The van der Waals surface area contributed by atoms with E-state index in [1.54, 1.807) is 0 Å². The Morgan fingerprint density at radius 2 is 0.770 bits per heavy atom. The highest BCUT2D eigenvalue weighted by molar-refractivity contribution is 6.23. The first-order chi connectivity index (χ1) is 30.2. The number of nitrogens with zero attached hydrogens (tertiary/aromatic N) is 2. The van der Waals surface area contributed by atoms with Gasteiger partial charge >= 0.3 is 0 Å². The number of benzene rings is 10. The van der Waals surface area contributed by atoms with Crippen LogP contribution in [-0.4, -0.2) is 9.97 Å². The molecule has 0 unspecified atom stereocenters. The van der Waals surface area contributed by atoms with Gasteiger partial charge in [0.2, 0.25) is 0 Å². The maximum Gasteiger partial charge on any atom is 0.143 e. The molecule has 0 N–H and O–H groups in total. The summed E-state index contributed by atoms with van der Waals surface area (Å²) in [6, 6.07) is 75.5. The minimum Gasteiger partial charge on any atom is -0.455 e. The Morgan fingerprint density at radius 3 is 1.44 bits per heavy atom. The maximum atomic E-state index is 6.67. The van der Waals surface area contributed by atoms with Crippen LogP contribution in [0.2, 0.25) is 0 Å². The lowest BCUT2D eigenvalue weighted by Gasteiger charge is -2.11. The molecule has 0 bridgehead atoms. The van der Waals surface area contributed by atoms with Gasteiger partial charge in [0.15, 0.2) is 0 Å². The van der Waals surface area contributed by atoms with E-state index in [9.17, 15) is 0 Å². The van der Waals surface area contributed by atoms with Crippen molar-refractivity contribution in [2.75, 3.05) is 0 Å². The van der Waals surface area contributed by atoms with Gasteiger partial charge in [0.25, 0.3) is 0 Å². The van der Waals surface area contributed by atoms with Crippen LogP contribution in [0, 0.1) is 0 Å². The number of fused-ring (bicyclic) bond motifs is 9. The molecule has 0 saturated carbocycles. The van der Waals surface area contributed by atoms with E-state index >= 15 is 0 Å². The Balaban J connectivity index is 0.872. The lowest BCUT2D eigenvalue weighted by molar-refractivity contribution is 0.670. The molecule has 0 amide bonds. The number of furan rings is 1. The van der Waals surface area contributed by atoms with Crippen LogP contribution < -0.4 is 0 Å². The molecule has 3 nitrogen and oxygen atoms in total. The van der Waals surface area contributed by atoms with E-state index in [0.29, 0.717) is 0 Å². The molecule has 2 aromatic heterocycles. The smallest absolute Gasteiger partial charge is 0.143 e. The van der Waals surface area contributed by atoms with Gasteiger partial charge in [-0.05, 0) is 91.2 Å². The zero-order valence-electron chi connectivity index (χ0n) is 33.1. The molecule has 0 atom stereocenters. The Bertz CT molecular complexity index is 3570. The maximum absolute atomic E-state index is 6.67. The predicted octanol–water partition coefficient (Wildman–Crippen LogP) is 15.8. The molecule has 0 saturated heterocycles. The Hall–Kier alpha value is -8.14. The molecule has 0 aliphatic rings. The predicted molar refractivity (Wildman–Crippen MR) is 254 cm³/mol. The van der Waals surface area contributed by atoms with E-state index in [-0.39, 0.29) is 0 Å². The summed E-state index contributed by atoms with van der Waals surface area (Å²) in [7, 11) is 0. The quantitative estimate of drug-likeness (QED) is 0.158. The molecule has 2 heterocycles. The number of aromatic nitrogens is 2. The molecule has 61 heavy (non-hydrogen) atoms. The number of hydrogen-bond acceptors (Lipinski definition) is 3. The van der Waals surface area contributed by atoms with Gasteiger partial charge in [0.1, 0.15) is 11.2 Å². The van der Waals surface area contributed by atoms with Crippen LogP contribution in [0.5, 0.6) is 0 Å². The standard InChI is InChI=1S/C58H36N2O/c1-3-12-37(13-4-1)44-30-31-55-52(33-44)53-35-46(38-14-5-2-6-15-38)34-51(58(53)61-55)42-28-26-40(27-29-42)39-22-24-41(25-23-39)43-16-11-17-45(32-43)54-36-59-56-49-20-9-7-18-47(49)48-19-8-10-21-50(48)57(56)60-54/h1-36H. The van der Waals surface area contributed by atoms with E-state index in [0.717, 1.165) is 93.9 Å². The Kier molecular flexibility index (Phi) is 8.17. The molecular formula is C58H36N2O. The first kappa shape index (κ1) is 34.9. The summed E-state index contributed by atoms with van der Waals surface area (Å²) in [6.07, 6.45) is 1.91. The number of rotatable bonds is 6. The van der Waals surface area contributed by atoms with Crippen molar-refractivity contribution in [2.24, 2.45) is 0 Å². The highest BCUT2D eigenvalue weighted by Gasteiger charge is 2.17. The zero-order chi connectivity index (χ0) is 40.3. The summed E-state index contributed by atoms with van der Waals surface area (Å²) < 4.78 is 6.67. The molecule has 0 aliphatic heterocycles. The third-order valence-corrected chi connectivity index (χ3v) is 12.1. The third kappa shape index (κ3) is 6.06. The van der Waals surface area contributed by atoms with Crippen molar-refractivity contribution < 1.29 is 4.42 Å². The molecule has 0 aliphatic carbocycles. The van der Waals surface area contributed by atoms with Crippen molar-refractivity contribution >= 4 is 54.5 Å². The van der Waals surface area contributed by atoms with Crippen molar-refractivity contribution in [1.29, 1.82) is 0 Å². The van der Waals surface area contributed by atoms with Crippen molar-refractivity contribution in [3.63, 3.8) is 0 Å². The summed E-state index contributed by atoms with van der Waals surface area (Å²) in [6.45, 7) is 0. The molecular weight excluding hydrogens is 741 g/mol. The second-order valence-corrected chi connectivity index (χ2v) is 15.7. The highest BCUT2D eigenvalue weighted by atomic mass is 16.3. The molecule has 0 spiro atoms. The van der Waals surface area contributed by atoms with Gasteiger partial charge in [-0.2, -0.15) is 0 Å². The van der Waals surface area contributed by atoms with Crippen LogP contribution in [0.1, 0.15) is 0 Å². The van der Waals surface area contributed by atoms with Crippen molar-refractivity contribution in [1.82, 2.24) is 9.97 Å². The van der Waals surface area contributed by atoms with E-state index < -0.39 is 0 Å². The monoisotopic (exact) mass is 776 g/mol. The fraction of sp³-hybridized carbons (Fsp3) is 0. The fourth-order valence-electron chi connectivity index (χ4n) is 9.02. The van der Waals surface area contributed by atoms with Crippen LogP contribution in [0.15, 0.2) is 223 Å². The molecule has 3 heteroatoms. The van der Waals surface area contributed by atoms with Crippen LogP contribution >= 0.6 is 0 Å². The lowest BCUT2D eigenvalue weighted by Crippen LogP contribution is -1.92. The first-order valence-corrected chi connectivity index (χ1v) is 20.7. The molecule has 12 rings (SSSR count). The minimum atomic E-state index is 0.859. The van der Waals surface area contributed by atoms with E-state index in [1.165, 1.54) is 27.5 Å². The molecule has 12 aromatic rings. The van der Waals surface area contributed by atoms with Crippen LogP contribution in [0.4, 0.5) is 0 Å². The summed E-state index contributed by atoms with van der Waals surface area (Å²) >= 11 is 0. The van der Waals surface area contributed by atoms with E-state index in [1.807, 2.05) is 6.20 Å². The molecule has 284 valence electrons. The highest BCUT2D eigenvalue weighted by Crippen LogP contribution is 2.42. The van der Waals surface area contributed by atoms with Gasteiger partial charge < -0.3 is 4.42 Å². The van der Waals surface area contributed by atoms with Gasteiger partial charge in [-0.15, -0.1) is 0 Å². The van der Waals surface area contributed by atoms with Crippen LogP contribution in [0.25, 0.3) is 121 Å². The van der Waals surface area contributed by atoms with Gasteiger partial charge in [-0.25, -0.2) is 4.98 Å². The topological polar surface area (TPSA) is 38.9 Å². The summed E-state index contributed by atoms with van der Waals surface area (Å²) in [4.78, 5) is 10.2. The van der Waals surface area contributed by atoms with Gasteiger partial charge in [-0.1, -0.05) is 182 Å². The second-order valence-electron chi connectivity index (χ2n) is 15.7. The van der Waals surface area contributed by atoms with Crippen LogP contribution in [0.3, 0.4) is 0 Å². The first-order valence-electron chi connectivity index (χ1n) is 20.7. The van der Waals surface area contributed by atoms with Gasteiger partial charge in [0.05, 0.1) is 22.9 Å². The molecule has 0 radical (unpaired) electrons. The molecule has 0 fully saturated rings. The third-order valence-electron chi connectivity index (χ3n) is 12.1. The SMILES string of the molecule is c1ccc(-c2ccc3oc4c(-c5ccc(-c6ccc(-c7cccc(-c8cnc9c%10ccccc%10c%10ccccc%10c9n8)c7)cc6)cc5)cc(-c5ccccc5)cc4c3c2)cc1. The van der Waals surface area contributed by atoms with Crippen molar-refractivity contribution in [3.8, 4) is 66.9 Å². The zero-order valence-corrected chi connectivity index (χ0v) is 33.1. The van der Waals surface area contributed by atoms with Crippen LogP contribution in [-0.2, 0) is 0 Å². The normalized spacial score (nSPS) is 11.6. The van der Waals surface area contributed by atoms with E-state index in [4.69, 9.17) is 14.4 Å². The van der Waals surface area contributed by atoms with Gasteiger partial charge in [0, 0.05) is 32.7 Å².